The largest absolute Gasteiger partial charge is 0.474 e. The zero-order valence-corrected chi connectivity index (χ0v) is 22.1. The van der Waals surface area contributed by atoms with E-state index in [9.17, 15) is 4.79 Å². The van der Waals surface area contributed by atoms with E-state index in [2.05, 4.69) is 25.1 Å². The third-order valence-electron chi connectivity index (χ3n) is 6.27. The van der Waals surface area contributed by atoms with Crippen molar-refractivity contribution in [1.29, 1.82) is 0 Å². The van der Waals surface area contributed by atoms with Crippen LogP contribution in [-0.2, 0) is 0 Å². The fourth-order valence-electron chi connectivity index (χ4n) is 4.43. The molecule has 6 rings (SSSR count). The van der Waals surface area contributed by atoms with Gasteiger partial charge in [-0.05, 0) is 43.3 Å². The molecule has 5 heterocycles. The number of anilines is 1. The van der Waals surface area contributed by atoms with Gasteiger partial charge in [-0.15, -0.1) is 0 Å². The Kier molecular flexibility index (Phi) is 6.51. The number of carbonyl (C=O) groups excluding carboxylic acids is 1. The molecule has 0 saturated heterocycles. The Morgan fingerprint density at radius 2 is 1.97 bits per heavy atom. The van der Waals surface area contributed by atoms with Crippen LogP contribution in [0.3, 0.4) is 0 Å². The van der Waals surface area contributed by atoms with Crippen molar-refractivity contribution >= 4 is 45.7 Å². The summed E-state index contributed by atoms with van der Waals surface area (Å²) in [5, 5.41) is 8.91. The molecule has 12 heteroatoms. The number of amides is 1. The number of benzene rings is 1. The molecule has 0 bridgehead atoms. The first-order valence-corrected chi connectivity index (χ1v) is 12.7. The van der Waals surface area contributed by atoms with E-state index in [1.807, 2.05) is 37.3 Å². The van der Waals surface area contributed by atoms with Gasteiger partial charge in [-0.3, -0.25) is 25.5 Å². The number of aryl methyl sites for hydroxylation is 1. The molecule has 3 N–H and O–H groups in total. The maximum absolute atomic E-state index is 13.3. The van der Waals surface area contributed by atoms with E-state index in [4.69, 9.17) is 38.4 Å². The lowest BCUT2D eigenvalue weighted by Crippen LogP contribution is -2.38. The summed E-state index contributed by atoms with van der Waals surface area (Å²) < 4.78 is 11.7. The Hall–Kier alpha value is -4.25. The minimum absolute atomic E-state index is 0.229. The molecule has 5 aromatic rings. The predicted octanol–water partition coefficient (Wildman–Crippen LogP) is 5.11. The number of carbonyl (C=O) groups is 1. The molecule has 10 nitrogen and oxygen atoms in total. The lowest BCUT2D eigenvalue weighted by atomic mass is 10.1. The second-order valence-corrected chi connectivity index (χ2v) is 9.67. The number of H-pyrrole nitrogens is 1. The number of ether oxygens (including phenoxy) is 2. The van der Waals surface area contributed by atoms with E-state index in [0.29, 0.717) is 63.0 Å². The number of aromatic nitrogens is 5. The summed E-state index contributed by atoms with van der Waals surface area (Å²) in [4.78, 5) is 27.8. The van der Waals surface area contributed by atoms with Crippen LogP contribution in [0.5, 0.6) is 11.6 Å². The Bertz CT molecular complexity index is 1710. The van der Waals surface area contributed by atoms with E-state index in [1.54, 1.807) is 23.2 Å². The molecule has 0 saturated carbocycles. The molecule has 0 unspecified atom stereocenters. The molecule has 1 aliphatic rings. The Morgan fingerprint density at radius 3 is 2.77 bits per heavy atom. The summed E-state index contributed by atoms with van der Waals surface area (Å²) in [6.45, 7) is 2.54. The first-order valence-electron chi connectivity index (χ1n) is 12.0. The Morgan fingerprint density at radius 1 is 1.15 bits per heavy atom. The molecule has 196 valence electrons. The zero-order chi connectivity index (χ0) is 27.1. The van der Waals surface area contributed by atoms with Gasteiger partial charge in [0.15, 0.2) is 6.23 Å². The number of nitrogens with one attached hydrogen (secondary N) is 1. The number of rotatable bonds is 5. The van der Waals surface area contributed by atoms with Crippen LogP contribution in [0.15, 0.2) is 61.1 Å². The Balaban J connectivity index is 1.34. The minimum atomic E-state index is -0.918. The maximum Gasteiger partial charge on any atom is 0.277 e. The number of aromatic amines is 1. The average Bonchev–Trinajstić information content (AvgIpc) is 3.35. The number of nitrogens with zero attached hydrogens (tertiary/aromatic N) is 5. The number of fused-ring (bicyclic) bond motifs is 2. The number of hydrogen-bond acceptors (Lipinski definition) is 8. The van der Waals surface area contributed by atoms with Crippen LogP contribution in [0.1, 0.15) is 28.0 Å². The predicted molar refractivity (Wildman–Crippen MR) is 147 cm³/mol. The van der Waals surface area contributed by atoms with Crippen LogP contribution in [-0.4, -0.2) is 44.2 Å². The first kappa shape index (κ1) is 25.1. The average molecular weight is 562 g/mol. The van der Waals surface area contributed by atoms with Gasteiger partial charge in [0.1, 0.15) is 29.4 Å². The van der Waals surface area contributed by atoms with Gasteiger partial charge in [-0.25, -0.2) is 9.97 Å². The van der Waals surface area contributed by atoms with Crippen molar-refractivity contribution in [2.24, 2.45) is 5.73 Å². The molecule has 4 aromatic heterocycles. The quantitative estimate of drug-likeness (QED) is 0.283. The van der Waals surface area contributed by atoms with Gasteiger partial charge in [0.25, 0.3) is 5.91 Å². The number of halogens is 2. The number of pyridine rings is 3. The van der Waals surface area contributed by atoms with Crippen molar-refractivity contribution < 1.29 is 14.3 Å². The second-order valence-electron chi connectivity index (χ2n) is 8.85. The Labute approximate surface area is 232 Å². The van der Waals surface area contributed by atoms with Crippen molar-refractivity contribution in [2.45, 2.75) is 13.2 Å². The van der Waals surface area contributed by atoms with Gasteiger partial charge in [0.2, 0.25) is 5.88 Å². The highest BCUT2D eigenvalue weighted by Gasteiger charge is 2.28. The van der Waals surface area contributed by atoms with Gasteiger partial charge in [0.05, 0.1) is 22.1 Å². The summed E-state index contributed by atoms with van der Waals surface area (Å²) in [6, 6.07) is 12.6. The van der Waals surface area contributed by atoms with Crippen molar-refractivity contribution in [1.82, 2.24) is 25.1 Å². The van der Waals surface area contributed by atoms with E-state index in [1.165, 1.54) is 12.4 Å². The van der Waals surface area contributed by atoms with Gasteiger partial charge < -0.3 is 9.47 Å². The molecular weight excluding hydrogens is 541 g/mol. The van der Waals surface area contributed by atoms with Crippen LogP contribution < -0.4 is 20.1 Å². The number of nitrogens with two attached hydrogens (primary N) is 1. The van der Waals surface area contributed by atoms with Crippen molar-refractivity contribution in [2.75, 3.05) is 18.1 Å². The SMILES string of the molecule is Cc1cccc(C(=O)N2CCOc3ncc(-c4n[nH]c5ccc(O[C@H](N)c6c(Cl)cncc6Cl)cc45)cc32)n1. The summed E-state index contributed by atoms with van der Waals surface area (Å²) in [5.41, 5.74) is 10.4. The first-order chi connectivity index (χ1) is 18.9. The summed E-state index contributed by atoms with van der Waals surface area (Å²) >= 11 is 12.5. The fourth-order valence-corrected chi connectivity index (χ4v) is 5.00. The monoisotopic (exact) mass is 561 g/mol. The van der Waals surface area contributed by atoms with Crippen LogP contribution in [0.4, 0.5) is 5.69 Å². The molecule has 1 aromatic carbocycles. The molecule has 0 aliphatic carbocycles. The lowest BCUT2D eigenvalue weighted by molar-refractivity contribution is 0.0970. The standard InChI is InChI=1S/C27H21Cl2N7O3/c1-14-3-2-4-21(33-14)27(37)36-7-8-38-26-22(36)9-15(11-32-26)24-17-10-16(5-6-20(17)34-35-24)39-25(30)23-18(28)12-31-13-19(23)29/h2-6,9-13,25H,7-8,30H2,1H3,(H,34,35)/t25-/m0/s1. The smallest absolute Gasteiger partial charge is 0.277 e. The minimum Gasteiger partial charge on any atom is -0.474 e. The zero-order valence-electron chi connectivity index (χ0n) is 20.6. The summed E-state index contributed by atoms with van der Waals surface area (Å²) in [5.74, 6) is 0.623. The normalized spacial score (nSPS) is 13.6. The fraction of sp³-hybridized carbons (Fsp3) is 0.148. The van der Waals surface area contributed by atoms with Crippen LogP contribution >= 0.6 is 23.2 Å². The topological polar surface area (TPSA) is 132 Å². The number of hydrogen-bond donors (Lipinski definition) is 2. The van der Waals surface area contributed by atoms with Gasteiger partial charge in [-0.1, -0.05) is 29.3 Å². The lowest BCUT2D eigenvalue weighted by Gasteiger charge is -2.28. The molecule has 0 spiro atoms. The van der Waals surface area contributed by atoms with Crippen molar-refractivity contribution in [3.63, 3.8) is 0 Å². The summed E-state index contributed by atoms with van der Waals surface area (Å²) in [7, 11) is 0. The highest BCUT2D eigenvalue weighted by Crippen LogP contribution is 2.37. The van der Waals surface area contributed by atoms with Crippen LogP contribution in [0.25, 0.3) is 22.2 Å². The third kappa shape index (κ3) is 4.74. The van der Waals surface area contributed by atoms with Crippen molar-refractivity contribution in [3.05, 3.63) is 88.1 Å². The van der Waals surface area contributed by atoms with Crippen molar-refractivity contribution in [3.8, 4) is 22.9 Å². The molecule has 0 radical (unpaired) electrons. The van der Waals surface area contributed by atoms with E-state index >= 15 is 0 Å². The maximum atomic E-state index is 13.3. The van der Waals surface area contributed by atoms with E-state index in [-0.39, 0.29) is 5.91 Å². The molecule has 39 heavy (non-hydrogen) atoms. The van der Waals surface area contributed by atoms with E-state index < -0.39 is 6.23 Å². The van der Waals surface area contributed by atoms with Gasteiger partial charge >= 0.3 is 0 Å². The molecular formula is C27H21Cl2N7O3. The molecule has 0 fully saturated rings. The summed E-state index contributed by atoms with van der Waals surface area (Å²) in [6.07, 6.45) is 3.65. The highest BCUT2D eigenvalue weighted by atomic mass is 35.5. The third-order valence-corrected chi connectivity index (χ3v) is 6.88. The molecule has 1 aliphatic heterocycles. The van der Waals surface area contributed by atoms with Crippen LogP contribution in [0, 0.1) is 6.92 Å². The van der Waals surface area contributed by atoms with Crippen LogP contribution in [0.2, 0.25) is 10.0 Å². The van der Waals surface area contributed by atoms with Gasteiger partial charge in [-0.2, -0.15) is 5.10 Å². The second kappa shape index (κ2) is 10.1. The molecule has 1 amide bonds. The molecule has 1 atom stereocenters. The van der Waals surface area contributed by atoms with Gasteiger partial charge in [0, 0.05) is 40.8 Å². The van der Waals surface area contributed by atoms with E-state index in [0.717, 1.165) is 16.6 Å². The highest BCUT2D eigenvalue weighted by molar-refractivity contribution is 6.35.